The number of rotatable bonds is 3. The standard InChI is InChI=1S/C22H30N2O5/c1-22(2,3)29-21(27)24-18-16(15-11-7-5-8-12-15)13-9-6-10-14-17(20(26)28-4)23-19(18)25/h5-9,11-12,16-18H,10,13-14H2,1-4H3,(H,23,25)(H,24,27)/b9-6-. The van der Waals surface area contributed by atoms with E-state index < -0.39 is 35.7 Å². The molecule has 2 N–H and O–H groups in total. The van der Waals surface area contributed by atoms with Crippen molar-refractivity contribution in [1.29, 1.82) is 0 Å². The fraction of sp³-hybridized carbons (Fsp3) is 0.500. The molecule has 0 fully saturated rings. The van der Waals surface area contributed by atoms with Crippen LogP contribution in [-0.4, -0.2) is 42.8 Å². The Morgan fingerprint density at radius 2 is 1.83 bits per heavy atom. The molecule has 2 amide bonds. The van der Waals surface area contributed by atoms with Crippen molar-refractivity contribution in [3.63, 3.8) is 0 Å². The maximum Gasteiger partial charge on any atom is 0.408 e. The molecule has 0 aliphatic carbocycles. The third kappa shape index (κ3) is 6.93. The summed E-state index contributed by atoms with van der Waals surface area (Å²) in [5, 5.41) is 5.45. The van der Waals surface area contributed by atoms with Crippen molar-refractivity contribution in [2.24, 2.45) is 0 Å². The summed E-state index contributed by atoms with van der Waals surface area (Å²) in [5.74, 6) is -1.29. The molecule has 0 saturated carbocycles. The molecule has 7 nitrogen and oxygen atoms in total. The Kier molecular flexibility index (Phi) is 7.82. The van der Waals surface area contributed by atoms with Gasteiger partial charge in [-0.15, -0.1) is 0 Å². The van der Waals surface area contributed by atoms with Crippen LogP contribution in [0.2, 0.25) is 0 Å². The summed E-state index contributed by atoms with van der Waals surface area (Å²) in [6, 6.07) is 7.80. The molecule has 0 radical (unpaired) electrons. The zero-order chi connectivity index (χ0) is 21.4. The Balaban J connectivity index is 2.36. The Bertz CT molecular complexity index is 739. The Morgan fingerprint density at radius 3 is 2.45 bits per heavy atom. The normalized spacial score (nSPS) is 24.0. The van der Waals surface area contributed by atoms with E-state index in [1.165, 1.54) is 7.11 Å². The molecule has 3 unspecified atom stereocenters. The number of nitrogens with one attached hydrogen (secondary N) is 2. The van der Waals surface area contributed by atoms with E-state index in [4.69, 9.17) is 9.47 Å². The lowest BCUT2D eigenvalue weighted by Crippen LogP contribution is -2.54. The van der Waals surface area contributed by atoms with Crippen molar-refractivity contribution < 1.29 is 23.9 Å². The number of ether oxygens (including phenoxy) is 2. The Labute approximate surface area is 171 Å². The molecule has 29 heavy (non-hydrogen) atoms. The van der Waals surface area contributed by atoms with Crippen LogP contribution in [-0.2, 0) is 19.1 Å². The number of benzene rings is 1. The number of amides is 2. The van der Waals surface area contributed by atoms with E-state index >= 15 is 0 Å². The zero-order valence-electron chi connectivity index (χ0n) is 17.4. The van der Waals surface area contributed by atoms with Crippen molar-refractivity contribution in [3.8, 4) is 0 Å². The number of hydrogen-bond donors (Lipinski definition) is 2. The molecule has 0 bridgehead atoms. The lowest BCUT2D eigenvalue weighted by atomic mass is 9.87. The Morgan fingerprint density at radius 1 is 1.14 bits per heavy atom. The lowest BCUT2D eigenvalue weighted by Gasteiger charge is -2.30. The highest BCUT2D eigenvalue weighted by Crippen LogP contribution is 2.26. The first-order valence-corrected chi connectivity index (χ1v) is 9.79. The van der Waals surface area contributed by atoms with Crippen LogP contribution in [0, 0.1) is 0 Å². The predicted octanol–water partition coefficient (Wildman–Crippen LogP) is 3.06. The monoisotopic (exact) mass is 402 g/mol. The van der Waals surface area contributed by atoms with E-state index in [-0.39, 0.29) is 5.92 Å². The maximum atomic E-state index is 13.1. The number of carbonyl (C=O) groups excluding carboxylic acids is 3. The summed E-state index contributed by atoms with van der Waals surface area (Å²) in [6.07, 6.45) is 4.88. The minimum Gasteiger partial charge on any atom is -0.467 e. The number of alkyl carbamates (subject to hydrolysis) is 1. The van der Waals surface area contributed by atoms with Gasteiger partial charge in [-0.3, -0.25) is 4.79 Å². The van der Waals surface area contributed by atoms with E-state index in [9.17, 15) is 14.4 Å². The molecular formula is C22H30N2O5. The second-order valence-corrected chi connectivity index (χ2v) is 8.01. The number of hydrogen-bond acceptors (Lipinski definition) is 5. The van der Waals surface area contributed by atoms with Crippen molar-refractivity contribution in [2.45, 2.75) is 63.6 Å². The van der Waals surface area contributed by atoms with Crippen LogP contribution in [0.25, 0.3) is 0 Å². The van der Waals surface area contributed by atoms with Gasteiger partial charge >= 0.3 is 12.1 Å². The second-order valence-electron chi connectivity index (χ2n) is 8.01. The summed E-state index contributed by atoms with van der Waals surface area (Å²) in [4.78, 5) is 37.7. The van der Waals surface area contributed by atoms with Gasteiger partial charge in [0.2, 0.25) is 5.91 Å². The molecule has 1 aliphatic rings. The molecule has 1 aliphatic heterocycles. The van der Waals surface area contributed by atoms with E-state index in [0.717, 1.165) is 5.56 Å². The van der Waals surface area contributed by atoms with Crippen molar-refractivity contribution in [3.05, 3.63) is 48.0 Å². The summed E-state index contributed by atoms with van der Waals surface area (Å²) >= 11 is 0. The van der Waals surface area contributed by atoms with E-state index in [0.29, 0.717) is 19.3 Å². The highest BCUT2D eigenvalue weighted by molar-refractivity contribution is 5.90. The van der Waals surface area contributed by atoms with E-state index in [1.54, 1.807) is 20.8 Å². The van der Waals surface area contributed by atoms with Crippen LogP contribution >= 0.6 is 0 Å². The quantitative estimate of drug-likeness (QED) is 0.599. The van der Waals surface area contributed by atoms with E-state index in [1.807, 2.05) is 42.5 Å². The highest BCUT2D eigenvalue weighted by atomic mass is 16.6. The average Bonchev–Trinajstić information content (AvgIpc) is 2.66. The number of esters is 1. The topological polar surface area (TPSA) is 93.7 Å². The molecule has 1 aromatic carbocycles. The van der Waals surface area contributed by atoms with Crippen molar-refractivity contribution in [2.75, 3.05) is 7.11 Å². The smallest absolute Gasteiger partial charge is 0.408 e. The summed E-state index contributed by atoms with van der Waals surface area (Å²) in [5.41, 5.74) is 0.205. The van der Waals surface area contributed by atoms with Crippen LogP contribution in [0.5, 0.6) is 0 Å². The number of methoxy groups -OCH3 is 1. The van der Waals surface area contributed by atoms with Gasteiger partial charge in [0.05, 0.1) is 7.11 Å². The van der Waals surface area contributed by atoms with Gasteiger partial charge in [-0.05, 0) is 45.6 Å². The van der Waals surface area contributed by atoms with Gasteiger partial charge in [-0.25, -0.2) is 9.59 Å². The minimum absolute atomic E-state index is 0.323. The summed E-state index contributed by atoms with van der Waals surface area (Å²) in [6.45, 7) is 5.26. The van der Waals surface area contributed by atoms with Gasteiger partial charge in [0, 0.05) is 5.92 Å². The molecule has 1 heterocycles. The van der Waals surface area contributed by atoms with Gasteiger partial charge in [0.1, 0.15) is 17.7 Å². The average molecular weight is 402 g/mol. The predicted molar refractivity (Wildman–Crippen MR) is 109 cm³/mol. The summed E-state index contributed by atoms with van der Waals surface area (Å²) in [7, 11) is 1.28. The molecular weight excluding hydrogens is 372 g/mol. The van der Waals surface area contributed by atoms with Crippen LogP contribution in [0.15, 0.2) is 42.5 Å². The van der Waals surface area contributed by atoms with Gasteiger partial charge in [-0.2, -0.15) is 0 Å². The Hall–Kier alpha value is -2.83. The van der Waals surface area contributed by atoms with Gasteiger partial charge < -0.3 is 20.1 Å². The molecule has 0 aromatic heterocycles. The molecule has 7 heteroatoms. The van der Waals surface area contributed by atoms with Gasteiger partial charge in [0.25, 0.3) is 0 Å². The highest BCUT2D eigenvalue weighted by Gasteiger charge is 2.34. The molecule has 2 rings (SSSR count). The third-order valence-corrected chi connectivity index (χ3v) is 4.57. The molecule has 1 aromatic rings. The van der Waals surface area contributed by atoms with Gasteiger partial charge in [-0.1, -0.05) is 42.5 Å². The van der Waals surface area contributed by atoms with Crippen molar-refractivity contribution in [1.82, 2.24) is 10.6 Å². The van der Waals surface area contributed by atoms with Gasteiger partial charge in [0.15, 0.2) is 0 Å². The minimum atomic E-state index is -0.915. The third-order valence-electron chi connectivity index (χ3n) is 4.57. The first-order valence-electron chi connectivity index (χ1n) is 9.79. The fourth-order valence-electron chi connectivity index (χ4n) is 3.22. The number of carbonyl (C=O) groups is 3. The van der Waals surface area contributed by atoms with Crippen LogP contribution < -0.4 is 10.6 Å². The largest absolute Gasteiger partial charge is 0.467 e. The lowest BCUT2D eigenvalue weighted by molar-refractivity contribution is -0.145. The second kappa shape index (κ2) is 10.1. The van der Waals surface area contributed by atoms with E-state index in [2.05, 4.69) is 10.6 Å². The van der Waals surface area contributed by atoms with Crippen LogP contribution in [0.4, 0.5) is 4.79 Å². The first-order chi connectivity index (χ1) is 13.7. The zero-order valence-corrected chi connectivity index (χ0v) is 17.4. The van der Waals surface area contributed by atoms with Crippen molar-refractivity contribution >= 4 is 18.0 Å². The van der Waals surface area contributed by atoms with Crippen LogP contribution in [0.3, 0.4) is 0 Å². The molecule has 158 valence electrons. The van der Waals surface area contributed by atoms with Crippen LogP contribution in [0.1, 0.15) is 51.5 Å². The fourth-order valence-corrected chi connectivity index (χ4v) is 3.22. The number of allylic oxidation sites excluding steroid dienone is 2. The molecule has 0 saturated heterocycles. The molecule has 3 atom stereocenters. The maximum absolute atomic E-state index is 13.1. The SMILES string of the molecule is COC(=O)C1CC/C=C\CC(c2ccccc2)C(NC(=O)OC(C)(C)C)C(=O)N1. The first kappa shape index (κ1) is 22.5. The molecule has 0 spiro atoms. The summed E-state index contributed by atoms with van der Waals surface area (Å²) < 4.78 is 10.2.